The van der Waals surface area contributed by atoms with E-state index in [2.05, 4.69) is 5.32 Å². The molecule has 3 nitrogen and oxygen atoms in total. The molecule has 94 valence electrons. The molecule has 16 heavy (non-hydrogen) atoms. The van der Waals surface area contributed by atoms with Gasteiger partial charge in [0.2, 0.25) is 5.91 Å². The molecule has 1 rings (SSSR count). The number of hydrogen-bond acceptors (Lipinski definition) is 2. The number of carbonyl (C=O) groups is 1. The third-order valence-corrected chi connectivity index (χ3v) is 2.86. The number of amides is 1. The Labute approximate surface area is 98.9 Å². The van der Waals surface area contributed by atoms with Crippen molar-refractivity contribution in [3.63, 3.8) is 0 Å². The van der Waals surface area contributed by atoms with Crippen LogP contribution in [0.2, 0.25) is 0 Å². The molecular formula is C13H25NO2. The molecule has 0 heterocycles. The van der Waals surface area contributed by atoms with Gasteiger partial charge in [-0.2, -0.15) is 0 Å². The van der Waals surface area contributed by atoms with Gasteiger partial charge in [-0.1, -0.05) is 25.7 Å². The second-order valence-corrected chi connectivity index (χ2v) is 5.66. The van der Waals surface area contributed by atoms with Crippen molar-refractivity contribution in [1.29, 1.82) is 0 Å². The fourth-order valence-corrected chi connectivity index (χ4v) is 1.98. The predicted octanol–water partition coefficient (Wildman–Crippen LogP) is 2.64. The SMILES string of the molecule is CC(C)(C)OCC(=O)NC1CCCCCC1. The van der Waals surface area contributed by atoms with Gasteiger partial charge in [-0.05, 0) is 33.6 Å². The minimum Gasteiger partial charge on any atom is -0.366 e. The van der Waals surface area contributed by atoms with Gasteiger partial charge >= 0.3 is 0 Å². The van der Waals surface area contributed by atoms with E-state index in [-0.39, 0.29) is 18.1 Å². The largest absolute Gasteiger partial charge is 0.366 e. The second kappa shape index (κ2) is 6.24. The maximum Gasteiger partial charge on any atom is 0.246 e. The Hall–Kier alpha value is -0.570. The molecule has 0 aromatic carbocycles. The van der Waals surface area contributed by atoms with Crippen LogP contribution in [0.15, 0.2) is 0 Å². The first kappa shape index (κ1) is 13.5. The number of nitrogens with one attached hydrogen (secondary N) is 1. The predicted molar refractivity (Wildman–Crippen MR) is 65.3 cm³/mol. The molecule has 0 bridgehead atoms. The summed E-state index contributed by atoms with van der Waals surface area (Å²) < 4.78 is 5.45. The summed E-state index contributed by atoms with van der Waals surface area (Å²) in [4.78, 5) is 11.6. The first-order chi connectivity index (χ1) is 7.47. The van der Waals surface area contributed by atoms with Gasteiger partial charge in [0, 0.05) is 6.04 Å². The highest BCUT2D eigenvalue weighted by Crippen LogP contribution is 2.17. The topological polar surface area (TPSA) is 38.3 Å². The van der Waals surface area contributed by atoms with E-state index in [1.807, 2.05) is 20.8 Å². The summed E-state index contributed by atoms with van der Waals surface area (Å²) in [5.41, 5.74) is -0.235. The summed E-state index contributed by atoms with van der Waals surface area (Å²) in [7, 11) is 0. The molecular weight excluding hydrogens is 202 g/mol. The Morgan fingerprint density at radius 3 is 2.25 bits per heavy atom. The molecule has 0 aromatic heterocycles. The van der Waals surface area contributed by atoms with Crippen LogP contribution in [0.4, 0.5) is 0 Å². The van der Waals surface area contributed by atoms with Crippen molar-refractivity contribution in [2.24, 2.45) is 0 Å². The van der Waals surface area contributed by atoms with E-state index in [4.69, 9.17) is 4.74 Å². The van der Waals surface area contributed by atoms with Gasteiger partial charge in [-0.15, -0.1) is 0 Å². The van der Waals surface area contributed by atoms with E-state index in [1.165, 1.54) is 25.7 Å². The van der Waals surface area contributed by atoms with Gasteiger partial charge in [-0.25, -0.2) is 0 Å². The van der Waals surface area contributed by atoms with Gasteiger partial charge in [0.1, 0.15) is 6.61 Å². The molecule has 1 fully saturated rings. The summed E-state index contributed by atoms with van der Waals surface area (Å²) in [5.74, 6) is 0.0295. The third-order valence-electron chi connectivity index (χ3n) is 2.86. The first-order valence-corrected chi connectivity index (χ1v) is 6.41. The molecule has 1 N–H and O–H groups in total. The maximum absolute atomic E-state index is 11.6. The van der Waals surface area contributed by atoms with Gasteiger partial charge in [0.05, 0.1) is 5.60 Å². The number of ether oxygens (including phenoxy) is 1. The van der Waals surface area contributed by atoms with Crippen molar-refractivity contribution in [1.82, 2.24) is 5.32 Å². The number of rotatable bonds is 3. The minimum atomic E-state index is -0.235. The molecule has 1 amide bonds. The quantitative estimate of drug-likeness (QED) is 0.753. The Morgan fingerprint density at radius 2 is 1.75 bits per heavy atom. The van der Waals surface area contributed by atoms with E-state index in [0.717, 1.165) is 12.8 Å². The van der Waals surface area contributed by atoms with Crippen LogP contribution >= 0.6 is 0 Å². The summed E-state index contributed by atoms with van der Waals surface area (Å²) in [5, 5.41) is 3.07. The lowest BCUT2D eigenvalue weighted by atomic mass is 10.1. The third kappa shape index (κ3) is 6.11. The molecule has 0 saturated heterocycles. The number of carbonyl (C=O) groups excluding carboxylic acids is 1. The fraction of sp³-hybridized carbons (Fsp3) is 0.923. The van der Waals surface area contributed by atoms with Gasteiger partial charge in [0.15, 0.2) is 0 Å². The molecule has 1 saturated carbocycles. The summed E-state index contributed by atoms with van der Waals surface area (Å²) >= 11 is 0. The minimum absolute atomic E-state index is 0.0295. The second-order valence-electron chi connectivity index (χ2n) is 5.66. The van der Waals surface area contributed by atoms with Crippen molar-refractivity contribution >= 4 is 5.91 Å². The molecule has 0 spiro atoms. The highest BCUT2D eigenvalue weighted by atomic mass is 16.5. The Balaban J connectivity index is 2.22. The summed E-state index contributed by atoms with van der Waals surface area (Å²) in [6.07, 6.45) is 7.36. The lowest BCUT2D eigenvalue weighted by molar-refractivity contribution is -0.131. The molecule has 0 unspecified atom stereocenters. The van der Waals surface area contributed by atoms with Crippen LogP contribution in [0.1, 0.15) is 59.3 Å². The van der Waals surface area contributed by atoms with Crippen molar-refractivity contribution in [2.75, 3.05) is 6.61 Å². The van der Waals surface area contributed by atoms with Gasteiger partial charge in [0.25, 0.3) is 0 Å². The zero-order valence-electron chi connectivity index (χ0n) is 10.8. The Bertz CT molecular complexity index is 212. The average molecular weight is 227 g/mol. The monoisotopic (exact) mass is 227 g/mol. The van der Waals surface area contributed by atoms with E-state index in [0.29, 0.717) is 6.04 Å². The molecule has 0 aliphatic heterocycles. The van der Waals surface area contributed by atoms with E-state index >= 15 is 0 Å². The van der Waals surface area contributed by atoms with Gasteiger partial charge in [-0.3, -0.25) is 4.79 Å². The van der Waals surface area contributed by atoms with Crippen LogP contribution in [0.5, 0.6) is 0 Å². The lowest BCUT2D eigenvalue weighted by Crippen LogP contribution is -2.38. The smallest absolute Gasteiger partial charge is 0.246 e. The Morgan fingerprint density at radius 1 is 1.19 bits per heavy atom. The highest BCUT2D eigenvalue weighted by molar-refractivity contribution is 5.77. The normalized spacial score (nSPS) is 19.2. The van der Waals surface area contributed by atoms with Crippen LogP contribution in [0.3, 0.4) is 0 Å². The van der Waals surface area contributed by atoms with Crippen LogP contribution in [0.25, 0.3) is 0 Å². The average Bonchev–Trinajstić information content (AvgIpc) is 2.42. The van der Waals surface area contributed by atoms with Crippen molar-refractivity contribution in [3.8, 4) is 0 Å². The molecule has 0 radical (unpaired) electrons. The molecule has 1 aliphatic rings. The molecule has 0 aromatic rings. The van der Waals surface area contributed by atoms with Crippen molar-refractivity contribution in [3.05, 3.63) is 0 Å². The summed E-state index contributed by atoms with van der Waals surface area (Å²) in [6, 6.07) is 0.374. The van der Waals surface area contributed by atoms with Crippen LogP contribution in [-0.4, -0.2) is 24.2 Å². The molecule has 0 atom stereocenters. The fourth-order valence-electron chi connectivity index (χ4n) is 1.98. The highest BCUT2D eigenvalue weighted by Gasteiger charge is 2.17. The van der Waals surface area contributed by atoms with Crippen LogP contribution in [0, 0.1) is 0 Å². The molecule has 1 aliphatic carbocycles. The zero-order valence-corrected chi connectivity index (χ0v) is 10.8. The first-order valence-electron chi connectivity index (χ1n) is 6.41. The van der Waals surface area contributed by atoms with Gasteiger partial charge < -0.3 is 10.1 Å². The van der Waals surface area contributed by atoms with Crippen LogP contribution < -0.4 is 5.32 Å². The van der Waals surface area contributed by atoms with Crippen LogP contribution in [-0.2, 0) is 9.53 Å². The summed E-state index contributed by atoms with van der Waals surface area (Å²) in [6.45, 7) is 6.07. The van der Waals surface area contributed by atoms with Crippen molar-refractivity contribution < 1.29 is 9.53 Å². The van der Waals surface area contributed by atoms with E-state index in [1.54, 1.807) is 0 Å². The lowest BCUT2D eigenvalue weighted by Gasteiger charge is -2.21. The van der Waals surface area contributed by atoms with E-state index in [9.17, 15) is 4.79 Å². The number of hydrogen-bond donors (Lipinski definition) is 1. The zero-order chi connectivity index (χ0) is 12.0. The van der Waals surface area contributed by atoms with E-state index < -0.39 is 0 Å². The Kier molecular flexibility index (Phi) is 5.26. The maximum atomic E-state index is 11.6. The van der Waals surface area contributed by atoms with Crippen molar-refractivity contribution in [2.45, 2.75) is 70.9 Å². The molecule has 3 heteroatoms. The standard InChI is InChI=1S/C13H25NO2/c1-13(2,3)16-10-12(15)14-11-8-6-4-5-7-9-11/h11H,4-10H2,1-3H3,(H,14,15).